The molecule has 5 nitrogen and oxygen atoms in total. The Hall–Kier alpha value is -2.43. The van der Waals surface area contributed by atoms with Crippen LogP contribution in [0, 0.1) is 23.2 Å². The molecule has 1 aromatic carbocycles. The van der Waals surface area contributed by atoms with Crippen LogP contribution in [0.15, 0.2) is 36.4 Å². The van der Waals surface area contributed by atoms with Crippen LogP contribution in [-0.4, -0.2) is 28.0 Å². The van der Waals surface area contributed by atoms with E-state index in [1.807, 2.05) is 36.4 Å². The van der Waals surface area contributed by atoms with Crippen LogP contribution in [0.4, 0.5) is 0 Å². The summed E-state index contributed by atoms with van der Waals surface area (Å²) in [5.74, 6) is 0.931. The standard InChI is InChI=1S/C23H26N2O3/c26-21(27)20(10-18-6-5-17-3-1-2-4-19(17)24-18)25-22(28)23-11-14-7-15(12-23)9-16(8-14)13-23/h1-6,14-16,20H,7-13H2,(H,25,28)(H,26,27)/t14?,15?,16?,20-,23?/m0/s1. The van der Waals surface area contributed by atoms with Gasteiger partial charge < -0.3 is 10.4 Å². The van der Waals surface area contributed by atoms with E-state index in [1.54, 1.807) is 0 Å². The van der Waals surface area contributed by atoms with Crippen molar-refractivity contribution >= 4 is 22.8 Å². The molecule has 2 N–H and O–H groups in total. The topological polar surface area (TPSA) is 79.3 Å². The Morgan fingerprint density at radius 1 is 1.04 bits per heavy atom. The molecule has 28 heavy (non-hydrogen) atoms. The summed E-state index contributed by atoms with van der Waals surface area (Å²) >= 11 is 0. The number of amides is 1. The van der Waals surface area contributed by atoms with E-state index in [9.17, 15) is 14.7 Å². The van der Waals surface area contributed by atoms with Crippen LogP contribution in [0.2, 0.25) is 0 Å². The summed E-state index contributed by atoms with van der Waals surface area (Å²) in [7, 11) is 0. The lowest BCUT2D eigenvalue weighted by Gasteiger charge is -2.55. The molecule has 0 spiro atoms. The number of aliphatic carboxylic acids is 1. The minimum Gasteiger partial charge on any atom is -0.480 e. The Labute approximate surface area is 164 Å². The molecule has 1 aromatic heterocycles. The summed E-state index contributed by atoms with van der Waals surface area (Å²) in [5.41, 5.74) is 1.20. The van der Waals surface area contributed by atoms with Crippen LogP contribution in [0.3, 0.4) is 0 Å². The fraction of sp³-hybridized carbons (Fsp3) is 0.522. The average Bonchev–Trinajstić information content (AvgIpc) is 2.66. The van der Waals surface area contributed by atoms with Crippen molar-refractivity contribution < 1.29 is 14.7 Å². The van der Waals surface area contributed by atoms with E-state index >= 15 is 0 Å². The Balaban J connectivity index is 1.34. The first kappa shape index (κ1) is 17.7. The maximum absolute atomic E-state index is 13.2. The highest BCUT2D eigenvalue weighted by Gasteiger charge is 2.54. The monoisotopic (exact) mass is 378 g/mol. The van der Waals surface area contributed by atoms with Gasteiger partial charge in [-0.2, -0.15) is 0 Å². The molecule has 0 aliphatic heterocycles. The van der Waals surface area contributed by atoms with E-state index in [-0.39, 0.29) is 17.7 Å². The number of benzene rings is 1. The number of carbonyl (C=O) groups excluding carboxylic acids is 1. The summed E-state index contributed by atoms with van der Waals surface area (Å²) in [6.07, 6.45) is 6.79. The summed E-state index contributed by atoms with van der Waals surface area (Å²) in [6, 6.07) is 10.7. The largest absolute Gasteiger partial charge is 0.480 e. The lowest BCUT2D eigenvalue weighted by Crippen LogP contribution is -2.56. The average molecular weight is 378 g/mol. The quantitative estimate of drug-likeness (QED) is 0.834. The van der Waals surface area contributed by atoms with Gasteiger partial charge in [-0.25, -0.2) is 4.79 Å². The van der Waals surface area contributed by atoms with Gasteiger partial charge in [0.25, 0.3) is 0 Å². The number of pyridine rings is 1. The number of carboxylic acids is 1. The molecular formula is C23H26N2O3. The van der Waals surface area contributed by atoms with Gasteiger partial charge in [-0.3, -0.25) is 9.78 Å². The molecule has 0 saturated heterocycles. The molecule has 4 saturated carbocycles. The first-order chi connectivity index (χ1) is 13.5. The van der Waals surface area contributed by atoms with Crippen LogP contribution >= 0.6 is 0 Å². The first-order valence-electron chi connectivity index (χ1n) is 10.4. The van der Waals surface area contributed by atoms with Crippen molar-refractivity contribution in [2.45, 2.75) is 51.0 Å². The highest BCUT2D eigenvalue weighted by molar-refractivity contribution is 5.88. The molecule has 0 radical (unpaired) electrons. The zero-order valence-electron chi connectivity index (χ0n) is 15.9. The minimum atomic E-state index is -0.993. The highest BCUT2D eigenvalue weighted by Crippen LogP contribution is 2.60. The minimum absolute atomic E-state index is 0.0419. The van der Waals surface area contributed by atoms with Gasteiger partial charge in [0.1, 0.15) is 6.04 Å². The molecule has 0 unspecified atom stereocenters. The van der Waals surface area contributed by atoms with Crippen molar-refractivity contribution in [1.29, 1.82) is 0 Å². The number of rotatable bonds is 5. The van der Waals surface area contributed by atoms with Crippen LogP contribution in [-0.2, 0) is 16.0 Å². The molecule has 1 atom stereocenters. The van der Waals surface area contributed by atoms with Crippen molar-refractivity contribution in [1.82, 2.24) is 10.3 Å². The van der Waals surface area contributed by atoms with E-state index in [0.29, 0.717) is 23.4 Å². The molecule has 2 aromatic rings. The van der Waals surface area contributed by atoms with Gasteiger partial charge in [0.05, 0.1) is 5.52 Å². The molecule has 6 rings (SSSR count). The molecule has 4 aliphatic carbocycles. The van der Waals surface area contributed by atoms with Gasteiger partial charge in [0.15, 0.2) is 0 Å². The predicted octanol–water partition coefficient (Wildman–Crippen LogP) is 3.56. The fourth-order valence-electron chi connectivity index (χ4n) is 6.33. The second-order valence-corrected chi connectivity index (χ2v) is 9.26. The number of carbonyl (C=O) groups is 2. The molecule has 4 aliphatic rings. The number of fused-ring (bicyclic) bond motifs is 1. The Morgan fingerprint density at radius 2 is 1.68 bits per heavy atom. The second kappa shape index (κ2) is 6.57. The summed E-state index contributed by atoms with van der Waals surface area (Å²) in [6.45, 7) is 0. The fourth-order valence-corrected chi connectivity index (χ4v) is 6.33. The van der Waals surface area contributed by atoms with Crippen molar-refractivity contribution in [3.63, 3.8) is 0 Å². The van der Waals surface area contributed by atoms with Crippen LogP contribution < -0.4 is 5.32 Å². The van der Waals surface area contributed by atoms with Gasteiger partial charge in [-0.15, -0.1) is 0 Å². The number of para-hydroxylation sites is 1. The molecule has 146 valence electrons. The maximum Gasteiger partial charge on any atom is 0.326 e. The third-order valence-electron chi connectivity index (χ3n) is 7.19. The van der Waals surface area contributed by atoms with Gasteiger partial charge >= 0.3 is 5.97 Å². The maximum atomic E-state index is 13.2. The molecule has 4 fully saturated rings. The van der Waals surface area contributed by atoms with Crippen LogP contribution in [0.25, 0.3) is 10.9 Å². The molecule has 4 bridgehead atoms. The van der Waals surface area contributed by atoms with Gasteiger partial charge in [0.2, 0.25) is 5.91 Å². The molecule has 1 heterocycles. The second-order valence-electron chi connectivity index (χ2n) is 9.26. The number of carboxylic acid groups (broad SMARTS) is 1. The summed E-state index contributed by atoms with van der Waals surface area (Å²) < 4.78 is 0. The van der Waals surface area contributed by atoms with Gasteiger partial charge in [-0.05, 0) is 68.4 Å². The number of aromatic nitrogens is 1. The SMILES string of the molecule is O=C(O)[C@H](Cc1ccc2ccccc2n1)NC(=O)C12CC3CC(CC(C3)C1)C2. The van der Waals surface area contributed by atoms with Crippen molar-refractivity contribution in [3.8, 4) is 0 Å². The van der Waals surface area contributed by atoms with Gasteiger partial charge in [0, 0.05) is 22.9 Å². The lowest BCUT2D eigenvalue weighted by atomic mass is 9.49. The first-order valence-corrected chi connectivity index (χ1v) is 10.4. The summed E-state index contributed by atoms with van der Waals surface area (Å²) in [4.78, 5) is 29.7. The highest BCUT2D eigenvalue weighted by atomic mass is 16.4. The Morgan fingerprint density at radius 3 is 2.32 bits per heavy atom. The Kier molecular flexibility index (Phi) is 4.14. The van der Waals surface area contributed by atoms with Crippen LogP contribution in [0.5, 0.6) is 0 Å². The number of hydrogen-bond donors (Lipinski definition) is 2. The van der Waals surface area contributed by atoms with E-state index < -0.39 is 12.0 Å². The van der Waals surface area contributed by atoms with Crippen molar-refractivity contribution in [2.75, 3.05) is 0 Å². The van der Waals surface area contributed by atoms with E-state index in [0.717, 1.165) is 30.2 Å². The van der Waals surface area contributed by atoms with Crippen molar-refractivity contribution in [3.05, 3.63) is 42.1 Å². The normalized spacial score (nSPS) is 31.6. The van der Waals surface area contributed by atoms with Gasteiger partial charge in [-0.1, -0.05) is 24.3 Å². The zero-order valence-corrected chi connectivity index (χ0v) is 15.9. The third kappa shape index (κ3) is 3.07. The third-order valence-corrected chi connectivity index (χ3v) is 7.19. The molecule has 5 heteroatoms. The number of hydrogen-bond acceptors (Lipinski definition) is 3. The summed E-state index contributed by atoms with van der Waals surface area (Å²) in [5, 5.41) is 13.7. The number of nitrogens with one attached hydrogen (secondary N) is 1. The molecule has 1 amide bonds. The smallest absolute Gasteiger partial charge is 0.326 e. The van der Waals surface area contributed by atoms with E-state index in [2.05, 4.69) is 10.3 Å². The predicted molar refractivity (Wildman–Crippen MR) is 106 cm³/mol. The van der Waals surface area contributed by atoms with E-state index in [1.165, 1.54) is 19.3 Å². The number of nitrogens with zero attached hydrogens (tertiary/aromatic N) is 1. The van der Waals surface area contributed by atoms with Crippen molar-refractivity contribution in [2.24, 2.45) is 23.2 Å². The lowest BCUT2D eigenvalue weighted by molar-refractivity contribution is -0.151. The van der Waals surface area contributed by atoms with E-state index in [4.69, 9.17) is 0 Å². The molecular weight excluding hydrogens is 352 g/mol. The Bertz CT molecular complexity index is 903. The van der Waals surface area contributed by atoms with Crippen LogP contribution in [0.1, 0.15) is 44.2 Å². The zero-order chi connectivity index (χ0) is 19.3.